The molecule has 0 aliphatic carbocycles. The van der Waals surface area contributed by atoms with Crippen LogP contribution in [0.4, 0.5) is 5.13 Å². The van der Waals surface area contributed by atoms with Crippen LogP contribution in [0.5, 0.6) is 0 Å². The molecule has 1 saturated heterocycles. The van der Waals surface area contributed by atoms with Gasteiger partial charge in [-0.05, 0) is 12.6 Å². The Kier molecular flexibility index (Phi) is 4.85. The summed E-state index contributed by atoms with van der Waals surface area (Å²) in [7, 11) is 1.96. The quantitative estimate of drug-likeness (QED) is 0.917. The van der Waals surface area contributed by atoms with Gasteiger partial charge in [0.05, 0.1) is 5.69 Å². The number of nitrogens with zero attached hydrogens (tertiary/aromatic N) is 3. The first-order valence-corrected chi connectivity index (χ1v) is 8.33. The lowest BCUT2D eigenvalue weighted by Gasteiger charge is -2.34. The molecule has 0 atom stereocenters. The lowest BCUT2D eigenvalue weighted by Crippen LogP contribution is -2.45. The second kappa shape index (κ2) is 7.02. The average molecular weight is 302 g/mol. The summed E-state index contributed by atoms with van der Waals surface area (Å²) in [5, 5.41) is 6.47. The van der Waals surface area contributed by atoms with Crippen molar-refractivity contribution in [3.8, 4) is 0 Å². The molecule has 1 aromatic carbocycles. The van der Waals surface area contributed by atoms with Gasteiger partial charge in [0.15, 0.2) is 5.13 Å². The summed E-state index contributed by atoms with van der Waals surface area (Å²) < 4.78 is 0. The molecule has 0 amide bonds. The fraction of sp³-hybridized carbons (Fsp3) is 0.438. The fourth-order valence-corrected chi connectivity index (χ4v) is 3.52. The molecule has 0 spiro atoms. The largest absolute Gasteiger partial charge is 0.346 e. The van der Waals surface area contributed by atoms with Gasteiger partial charge in [-0.25, -0.2) is 4.98 Å². The number of nitrogens with one attached hydrogen (secondary N) is 1. The molecule has 1 aliphatic rings. The summed E-state index contributed by atoms with van der Waals surface area (Å²) in [6, 6.07) is 10.7. The highest BCUT2D eigenvalue weighted by Gasteiger charge is 2.19. The van der Waals surface area contributed by atoms with Crippen molar-refractivity contribution in [2.75, 3.05) is 38.1 Å². The van der Waals surface area contributed by atoms with Crippen molar-refractivity contribution in [1.82, 2.24) is 15.2 Å². The minimum Gasteiger partial charge on any atom is -0.346 e. The molecule has 1 aromatic heterocycles. The monoisotopic (exact) mass is 302 g/mol. The van der Waals surface area contributed by atoms with E-state index in [4.69, 9.17) is 4.98 Å². The highest BCUT2D eigenvalue weighted by molar-refractivity contribution is 7.13. The van der Waals surface area contributed by atoms with Gasteiger partial charge in [0, 0.05) is 44.6 Å². The Morgan fingerprint density at radius 1 is 1.14 bits per heavy atom. The summed E-state index contributed by atoms with van der Waals surface area (Å²) in [4.78, 5) is 9.63. The van der Waals surface area contributed by atoms with Gasteiger partial charge in [-0.3, -0.25) is 4.90 Å². The number of piperazine rings is 1. The smallest absolute Gasteiger partial charge is 0.185 e. The van der Waals surface area contributed by atoms with Crippen LogP contribution in [-0.4, -0.2) is 43.1 Å². The van der Waals surface area contributed by atoms with E-state index in [9.17, 15) is 0 Å². The molecule has 1 N–H and O–H groups in total. The molecule has 0 saturated carbocycles. The fourth-order valence-electron chi connectivity index (χ4n) is 2.64. The maximum Gasteiger partial charge on any atom is 0.185 e. The Hall–Kier alpha value is -1.43. The molecule has 0 bridgehead atoms. The Labute approximate surface area is 130 Å². The van der Waals surface area contributed by atoms with Crippen molar-refractivity contribution in [1.29, 1.82) is 0 Å². The maximum absolute atomic E-state index is 4.70. The number of hydrogen-bond donors (Lipinski definition) is 1. The molecule has 21 heavy (non-hydrogen) atoms. The lowest BCUT2D eigenvalue weighted by atomic mass is 10.2. The van der Waals surface area contributed by atoms with Crippen molar-refractivity contribution in [2.45, 2.75) is 13.1 Å². The predicted octanol–water partition coefficient (Wildman–Crippen LogP) is 2.18. The van der Waals surface area contributed by atoms with Gasteiger partial charge in [0.25, 0.3) is 0 Å². The highest BCUT2D eigenvalue weighted by Crippen LogP contribution is 2.22. The van der Waals surface area contributed by atoms with E-state index in [1.807, 2.05) is 7.05 Å². The van der Waals surface area contributed by atoms with Crippen molar-refractivity contribution in [3.05, 3.63) is 47.0 Å². The molecule has 1 fully saturated rings. The van der Waals surface area contributed by atoms with E-state index < -0.39 is 0 Å². The van der Waals surface area contributed by atoms with Gasteiger partial charge >= 0.3 is 0 Å². The number of thiazole rings is 1. The first-order chi connectivity index (χ1) is 10.3. The van der Waals surface area contributed by atoms with Crippen molar-refractivity contribution >= 4 is 16.5 Å². The van der Waals surface area contributed by atoms with Gasteiger partial charge in [0.2, 0.25) is 0 Å². The summed E-state index contributed by atoms with van der Waals surface area (Å²) in [6.45, 7) is 6.26. The van der Waals surface area contributed by atoms with Crippen LogP contribution in [-0.2, 0) is 13.1 Å². The van der Waals surface area contributed by atoms with Crippen LogP contribution in [0.3, 0.4) is 0 Å². The summed E-state index contributed by atoms with van der Waals surface area (Å²) >= 11 is 1.76. The van der Waals surface area contributed by atoms with Gasteiger partial charge in [0.1, 0.15) is 0 Å². The minimum absolute atomic E-state index is 0.852. The molecule has 5 heteroatoms. The van der Waals surface area contributed by atoms with Crippen molar-refractivity contribution in [2.24, 2.45) is 0 Å². The topological polar surface area (TPSA) is 31.4 Å². The zero-order valence-corrected chi connectivity index (χ0v) is 13.3. The summed E-state index contributed by atoms with van der Waals surface area (Å²) in [5.74, 6) is 0. The average Bonchev–Trinajstić information content (AvgIpc) is 2.98. The van der Waals surface area contributed by atoms with Crippen LogP contribution < -0.4 is 10.2 Å². The predicted molar refractivity (Wildman–Crippen MR) is 88.8 cm³/mol. The molecule has 1 aliphatic heterocycles. The van der Waals surface area contributed by atoms with Crippen LogP contribution in [0.15, 0.2) is 35.7 Å². The number of aromatic nitrogens is 1. The van der Waals surface area contributed by atoms with Crippen LogP contribution in [0, 0.1) is 0 Å². The number of hydrogen-bond acceptors (Lipinski definition) is 5. The molecule has 0 radical (unpaired) electrons. The standard InChI is InChI=1S/C16H22N4S/c1-17-11-15-13-21-16(18-15)20-9-7-19(8-10-20)12-14-5-3-2-4-6-14/h2-6,13,17H,7-12H2,1H3. The molecule has 0 unspecified atom stereocenters. The molecule has 2 heterocycles. The molecule has 112 valence electrons. The summed E-state index contributed by atoms with van der Waals surface area (Å²) in [6.07, 6.45) is 0. The van der Waals surface area contributed by atoms with Crippen LogP contribution in [0.1, 0.15) is 11.3 Å². The third kappa shape index (κ3) is 3.81. The maximum atomic E-state index is 4.70. The molecular weight excluding hydrogens is 280 g/mol. The summed E-state index contributed by atoms with van der Waals surface area (Å²) in [5.41, 5.74) is 2.54. The Morgan fingerprint density at radius 2 is 1.90 bits per heavy atom. The van der Waals surface area contributed by atoms with Crippen molar-refractivity contribution in [3.63, 3.8) is 0 Å². The van der Waals surface area contributed by atoms with E-state index in [2.05, 4.69) is 50.8 Å². The Morgan fingerprint density at radius 3 is 2.62 bits per heavy atom. The van der Waals surface area contributed by atoms with Gasteiger partial charge in [-0.1, -0.05) is 30.3 Å². The van der Waals surface area contributed by atoms with Crippen LogP contribution >= 0.6 is 11.3 Å². The number of rotatable bonds is 5. The van der Waals surface area contributed by atoms with Gasteiger partial charge in [-0.15, -0.1) is 11.3 Å². The first kappa shape index (κ1) is 14.5. The molecular formula is C16H22N4S. The third-order valence-corrected chi connectivity index (χ3v) is 4.74. The molecule has 3 rings (SSSR count). The Balaban J connectivity index is 1.52. The van der Waals surface area contributed by atoms with E-state index >= 15 is 0 Å². The first-order valence-electron chi connectivity index (χ1n) is 7.45. The van der Waals surface area contributed by atoms with Crippen LogP contribution in [0.25, 0.3) is 0 Å². The third-order valence-electron chi connectivity index (χ3n) is 3.79. The SMILES string of the molecule is CNCc1csc(N2CCN(Cc3ccccc3)CC2)n1. The number of benzene rings is 1. The molecule has 4 nitrogen and oxygen atoms in total. The van der Waals surface area contributed by atoms with E-state index in [-0.39, 0.29) is 0 Å². The van der Waals surface area contributed by atoms with Crippen molar-refractivity contribution < 1.29 is 0 Å². The normalized spacial score (nSPS) is 16.3. The van der Waals surface area contributed by atoms with E-state index in [0.717, 1.165) is 45.0 Å². The second-order valence-corrected chi connectivity index (χ2v) is 6.24. The highest BCUT2D eigenvalue weighted by atomic mass is 32.1. The lowest BCUT2D eigenvalue weighted by molar-refractivity contribution is 0.250. The minimum atomic E-state index is 0.852. The van der Waals surface area contributed by atoms with Gasteiger partial charge < -0.3 is 10.2 Å². The second-order valence-electron chi connectivity index (χ2n) is 5.40. The Bertz CT molecular complexity index is 546. The molecule has 2 aromatic rings. The zero-order chi connectivity index (χ0) is 14.5. The van der Waals surface area contributed by atoms with E-state index in [1.165, 1.54) is 10.7 Å². The van der Waals surface area contributed by atoms with E-state index in [1.54, 1.807) is 11.3 Å². The number of anilines is 1. The van der Waals surface area contributed by atoms with Crippen LogP contribution in [0.2, 0.25) is 0 Å². The zero-order valence-electron chi connectivity index (χ0n) is 12.5. The van der Waals surface area contributed by atoms with Gasteiger partial charge in [-0.2, -0.15) is 0 Å². The van der Waals surface area contributed by atoms with E-state index in [0.29, 0.717) is 0 Å².